The number of para-hydroxylation sites is 1. The minimum atomic E-state index is -0.403. The van der Waals surface area contributed by atoms with Crippen molar-refractivity contribution >= 4 is 11.6 Å². The van der Waals surface area contributed by atoms with Gasteiger partial charge in [-0.15, -0.1) is 0 Å². The highest BCUT2D eigenvalue weighted by Crippen LogP contribution is 2.29. The Morgan fingerprint density at radius 3 is 2.48 bits per heavy atom. The van der Waals surface area contributed by atoms with Crippen molar-refractivity contribution < 1.29 is 14.6 Å². The molecule has 0 saturated carbocycles. The van der Waals surface area contributed by atoms with E-state index in [1.165, 1.54) is 13.2 Å². The fraction of sp³-hybridized carbons (Fsp3) is 0.188. The average molecular weight is 286 g/mol. The molecule has 0 aliphatic heterocycles. The van der Waals surface area contributed by atoms with E-state index in [1.807, 2.05) is 19.1 Å². The third kappa shape index (κ3) is 3.32. The fourth-order valence-electron chi connectivity index (χ4n) is 1.94. The lowest BCUT2D eigenvalue weighted by molar-refractivity contribution is 0.102. The van der Waals surface area contributed by atoms with Crippen molar-refractivity contribution in [1.29, 1.82) is 0 Å². The molecule has 0 aromatic heterocycles. The molecule has 0 aliphatic carbocycles. The maximum Gasteiger partial charge on any atom is 0.259 e. The van der Waals surface area contributed by atoms with Gasteiger partial charge in [-0.05, 0) is 36.8 Å². The molecule has 0 fully saturated rings. The molecule has 0 heterocycles. The van der Waals surface area contributed by atoms with Crippen LogP contribution in [0.3, 0.4) is 0 Å². The number of methoxy groups -OCH3 is 1. The Morgan fingerprint density at radius 2 is 1.90 bits per heavy atom. The zero-order valence-corrected chi connectivity index (χ0v) is 12.0. The van der Waals surface area contributed by atoms with Gasteiger partial charge in [0, 0.05) is 11.7 Å². The van der Waals surface area contributed by atoms with Crippen molar-refractivity contribution in [2.24, 2.45) is 5.73 Å². The van der Waals surface area contributed by atoms with Crippen LogP contribution in [0.5, 0.6) is 11.5 Å². The summed E-state index contributed by atoms with van der Waals surface area (Å²) in [6.45, 7) is 1.89. The van der Waals surface area contributed by atoms with E-state index in [4.69, 9.17) is 10.5 Å². The second-order valence-corrected chi connectivity index (χ2v) is 4.72. The number of aromatic hydroxyl groups is 1. The standard InChI is InChI=1S/C16H18N2O3/c1-10(17)11-6-8-12(9-7-11)18-16(20)13-4-3-5-14(21-2)15(13)19/h3-10,19H,17H2,1-2H3,(H,18,20). The SMILES string of the molecule is COc1cccc(C(=O)Nc2ccc(C(C)N)cc2)c1O. The monoisotopic (exact) mass is 286 g/mol. The second kappa shape index (κ2) is 6.28. The Morgan fingerprint density at radius 1 is 1.24 bits per heavy atom. The normalized spacial score (nSPS) is 11.8. The molecule has 0 radical (unpaired) electrons. The van der Waals surface area contributed by atoms with E-state index in [1.54, 1.807) is 24.3 Å². The summed E-state index contributed by atoms with van der Waals surface area (Å²) in [6.07, 6.45) is 0. The molecular formula is C16H18N2O3. The number of anilines is 1. The summed E-state index contributed by atoms with van der Waals surface area (Å²) in [5, 5.41) is 12.7. The molecule has 110 valence electrons. The molecule has 1 atom stereocenters. The first-order valence-corrected chi connectivity index (χ1v) is 6.55. The van der Waals surface area contributed by atoms with Gasteiger partial charge in [-0.3, -0.25) is 4.79 Å². The number of hydrogen-bond donors (Lipinski definition) is 3. The first-order valence-electron chi connectivity index (χ1n) is 6.55. The number of phenolic OH excluding ortho intramolecular Hbond substituents is 1. The number of rotatable bonds is 4. The molecule has 2 aromatic carbocycles. The molecule has 1 amide bonds. The summed E-state index contributed by atoms with van der Waals surface area (Å²) >= 11 is 0. The molecule has 5 nitrogen and oxygen atoms in total. The highest BCUT2D eigenvalue weighted by Gasteiger charge is 2.14. The first kappa shape index (κ1) is 14.9. The van der Waals surface area contributed by atoms with Crippen LogP contribution in [0.1, 0.15) is 28.9 Å². The van der Waals surface area contributed by atoms with Gasteiger partial charge in [0.2, 0.25) is 0 Å². The third-order valence-corrected chi connectivity index (χ3v) is 3.16. The Labute approximate surface area is 123 Å². The quantitative estimate of drug-likeness (QED) is 0.806. The topological polar surface area (TPSA) is 84.6 Å². The van der Waals surface area contributed by atoms with Crippen molar-refractivity contribution in [3.8, 4) is 11.5 Å². The van der Waals surface area contributed by atoms with Crippen molar-refractivity contribution in [3.63, 3.8) is 0 Å². The van der Waals surface area contributed by atoms with Crippen molar-refractivity contribution in [2.75, 3.05) is 12.4 Å². The van der Waals surface area contributed by atoms with Crippen LogP contribution in [-0.2, 0) is 0 Å². The first-order chi connectivity index (χ1) is 10.0. The molecule has 2 aromatic rings. The van der Waals surface area contributed by atoms with Gasteiger partial charge in [0.05, 0.1) is 12.7 Å². The zero-order valence-electron chi connectivity index (χ0n) is 12.0. The van der Waals surface area contributed by atoms with Gasteiger partial charge >= 0.3 is 0 Å². The van der Waals surface area contributed by atoms with Gasteiger partial charge in [0.1, 0.15) is 0 Å². The highest BCUT2D eigenvalue weighted by molar-refractivity contribution is 6.06. The molecule has 0 aliphatic rings. The van der Waals surface area contributed by atoms with E-state index >= 15 is 0 Å². The Balaban J connectivity index is 2.18. The van der Waals surface area contributed by atoms with Crippen molar-refractivity contribution in [3.05, 3.63) is 53.6 Å². The molecule has 0 saturated heterocycles. The fourth-order valence-corrected chi connectivity index (χ4v) is 1.94. The predicted octanol–water partition coefficient (Wildman–Crippen LogP) is 2.67. The van der Waals surface area contributed by atoms with Crippen LogP contribution in [0, 0.1) is 0 Å². The van der Waals surface area contributed by atoms with Crippen LogP contribution in [0.15, 0.2) is 42.5 Å². The van der Waals surface area contributed by atoms with Gasteiger partial charge in [0.15, 0.2) is 11.5 Å². The molecule has 21 heavy (non-hydrogen) atoms. The number of nitrogens with one attached hydrogen (secondary N) is 1. The van der Waals surface area contributed by atoms with Crippen molar-refractivity contribution in [1.82, 2.24) is 0 Å². The molecule has 2 rings (SSSR count). The van der Waals surface area contributed by atoms with Gasteiger partial charge < -0.3 is 20.9 Å². The summed E-state index contributed by atoms with van der Waals surface area (Å²) in [5.41, 5.74) is 7.55. The number of carbonyl (C=O) groups is 1. The molecule has 4 N–H and O–H groups in total. The van der Waals surface area contributed by atoms with E-state index in [0.29, 0.717) is 5.69 Å². The number of hydrogen-bond acceptors (Lipinski definition) is 4. The van der Waals surface area contributed by atoms with Crippen LogP contribution in [-0.4, -0.2) is 18.1 Å². The minimum Gasteiger partial charge on any atom is -0.504 e. The number of carbonyl (C=O) groups excluding carboxylic acids is 1. The van der Waals surface area contributed by atoms with Crippen LogP contribution < -0.4 is 15.8 Å². The second-order valence-electron chi connectivity index (χ2n) is 4.72. The van der Waals surface area contributed by atoms with E-state index in [2.05, 4.69) is 5.32 Å². The number of amides is 1. The predicted molar refractivity (Wildman–Crippen MR) is 81.7 cm³/mol. The number of phenols is 1. The molecule has 5 heteroatoms. The Hall–Kier alpha value is -2.53. The van der Waals surface area contributed by atoms with Gasteiger partial charge in [-0.2, -0.15) is 0 Å². The van der Waals surface area contributed by atoms with E-state index in [-0.39, 0.29) is 23.1 Å². The van der Waals surface area contributed by atoms with Crippen LogP contribution >= 0.6 is 0 Å². The Bertz CT molecular complexity index is 636. The number of ether oxygens (including phenoxy) is 1. The molecule has 0 spiro atoms. The van der Waals surface area contributed by atoms with Crippen molar-refractivity contribution in [2.45, 2.75) is 13.0 Å². The van der Waals surface area contributed by atoms with Gasteiger partial charge in [-0.25, -0.2) is 0 Å². The van der Waals surface area contributed by atoms with E-state index in [9.17, 15) is 9.90 Å². The van der Waals surface area contributed by atoms with E-state index in [0.717, 1.165) is 5.56 Å². The molecular weight excluding hydrogens is 268 g/mol. The third-order valence-electron chi connectivity index (χ3n) is 3.16. The number of nitrogens with two attached hydrogens (primary N) is 1. The highest BCUT2D eigenvalue weighted by atomic mass is 16.5. The summed E-state index contributed by atoms with van der Waals surface area (Å²) in [6, 6.07) is 12.0. The summed E-state index contributed by atoms with van der Waals surface area (Å²) in [7, 11) is 1.43. The van der Waals surface area contributed by atoms with Crippen LogP contribution in [0.2, 0.25) is 0 Å². The maximum absolute atomic E-state index is 12.2. The van der Waals surface area contributed by atoms with Gasteiger partial charge in [-0.1, -0.05) is 18.2 Å². The number of benzene rings is 2. The lowest BCUT2D eigenvalue weighted by atomic mass is 10.1. The summed E-state index contributed by atoms with van der Waals surface area (Å²) in [4.78, 5) is 12.2. The minimum absolute atomic E-state index is 0.0582. The summed E-state index contributed by atoms with van der Waals surface area (Å²) < 4.78 is 4.98. The largest absolute Gasteiger partial charge is 0.504 e. The maximum atomic E-state index is 12.2. The Kier molecular flexibility index (Phi) is 4.45. The molecule has 0 bridgehead atoms. The lowest BCUT2D eigenvalue weighted by Gasteiger charge is -2.10. The lowest BCUT2D eigenvalue weighted by Crippen LogP contribution is -2.12. The van der Waals surface area contributed by atoms with E-state index < -0.39 is 5.91 Å². The average Bonchev–Trinajstić information content (AvgIpc) is 2.48. The molecule has 1 unspecified atom stereocenters. The smallest absolute Gasteiger partial charge is 0.259 e. The van der Waals surface area contributed by atoms with Crippen LogP contribution in [0.25, 0.3) is 0 Å². The summed E-state index contributed by atoms with van der Waals surface area (Å²) in [5.74, 6) is -0.320. The van der Waals surface area contributed by atoms with Gasteiger partial charge in [0.25, 0.3) is 5.91 Å². The zero-order chi connectivity index (χ0) is 15.4. The van der Waals surface area contributed by atoms with Crippen LogP contribution in [0.4, 0.5) is 5.69 Å².